The van der Waals surface area contributed by atoms with Crippen LogP contribution in [-0.4, -0.2) is 70.2 Å². The normalized spacial score (nSPS) is 23.1. The Labute approximate surface area is 157 Å². The van der Waals surface area contributed by atoms with E-state index < -0.39 is 12.1 Å². The average Bonchev–Trinajstić information content (AvgIpc) is 3.14. The fourth-order valence-corrected chi connectivity index (χ4v) is 3.74. The number of carbonyl (C=O) groups excluding carboxylic acids is 2. The minimum atomic E-state index is -0.431. The van der Waals surface area contributed by atoms with Gasteiger partial charge in [-0.05, 0) is 19.1 Å². The topological polar surface area (TPSA) is 79.7 Å². The van der Waals surface area contributed by atoms with Crippen LogP contribution in [0.25, 0.3) is 5.69 Å². The Bertz CT molecular complexity index is 865. The van der Waals surface area contributed by atoms with Crippen LogP contribution in [0.4, 0.5) is 0 Å². The number of aromatic nitrogens is 2. The third-order valence-electron chi connectivity index (χ3n) is 5.15. The molecule has 0 radical (unpaired) electrons. The summed E-state index contributed by atoms with van der Waals surface area (Å²) >= 11 is 0. The molecule has 0 spiro atoms. The van der Waals surface area contributed by atoms with E-state index in [0.717, 1.165) is 23.5 Å². The number of hydrogen-bond acceptors (Lipinski definition) is 5. The Morgan fingerprint density at radius 1 is 1.26 bits per heavy atom. The van der Waals surface area contributed by atoms with E-state index in [-0.39, 0.29) is 11.8 Å². The molecule has 4 rings (SSSR count). The number of amides is 2. The van der Waals surface area contributed by atoms with Crippen molar-refractivity contribution in [2.24, 2.45) is 0 Å². The molecule has 3 heterocycles. The third-order valence-corrected chi connectivity index (χ3v) is 5.15. The first-order chi connectivity index (χ1) is 13.1. The highest BCUT2D eigenvalue weighted by atomic mass is 16.5. The lowest BCUT2D eigenvalue weighted by Crippen LogP contribution is -2.68. The first-order valence-electron chi connectivity index (χ1n) is 9.07. The van der Waals surface area contributed by atoms with Crippen LogP contribution in [0.3, 0.4) is 0 Å². The van der Waals surface area contributed by atoms with E-state index in [9.17, 15) is 9.59 Å². The van der Waals surface area contributed by atoms with Crippen molar-refractivity contribution in [2.45, 2.75) is 25.6 Å². The predicted octanol–water partition coefficient (Wildman–Crippen LogP) is 0.412. The van der Waals surface area contributed by atoms with E-state index in [1.807, 2.05) is 36.7 Å². The van der Waals surface area contributed by atoms with E-state index in [4.69, 9.17) is 4.74 Å². The number of para-hydroxylation sites is 2. The molecule has 0 unspecified atom stereocenters. The van der Waals surface area contributed by atoms with Crippen molar-refractivity contribution in [3.63, 3.8) is 0 Å². The Morgan fingerprint density at radius 3 is 2.89 bits per heavy atom. The molecule has 2 aromatic rings. The van der Waals surface area contributed by atoms with Crippen LogP contribution in [-0.2, 0) is 16.1 Å². The second-order valence-electron chi connectivity index (χ2n) is 6.98. The van der Waals surface area contributed by atoms with Gasteiger partial charge in [-0.3, -0.25) is 14.5 Å². The summed E-state index contributed by atoms with van der Waals surface area (Å²) < 4.78 is 7.19. The van der Waals surface area contributed by atoms with Crippen molar-refractivity contribution >= 4 is 11.8 Å². The van der Waals surface area contributed by atoms with Gasteiger partial charge in [0.05, 0.1) is 13.3 Å². The van der Waals surface area contributed by atoms with E-state index in [0.29, 0.717) is 19.6 Å². The molecule has 2 fully saturated rings. The molecule has 1 aromatic carbocycles. The highest BCUT2D eigenvalue weighted by Gasteiger charge is 2.41. The highest BCUT2D eigenvalue weighted by Crippen LogP contribution is 2.22. The molecule has 8 heteroatoms. The Balaban J connectivity index is 1.46. The minimum Gasteiger partial charge on any atom is -0.494 e. The number of rotatable bonds is 4. The number of benzene rings is 1. The second-order valence-corrected chi connectivity index (χ2v) is 6.98. The van der Waals surface area contributed by atoms with Crippen LogP contribution in [0.5, 0.6) is 5.75 Å². The molecule has 27 heavy (non-hydrogen) atoms. The van der Waals surface area contributed by atoms with E-state index in [1.165, 1.54) is 0 Å². The van der Waals surface area contributed by atoms with E-state index >= 15 is 0 Å². The van der Waals surface area contributed by atoms with Crippen LogP contribution < -0.4 is 10.1 Å². The molecule has 1 N–H and O–H groups in total. The first kappa shape index (κ1) is 17.5. The maximum Gasteiger partial charge on any atom is 0.245 e. The van der Waals surface area contributed by atoms with Gasteiger partial charge in [0.2, 0.25) is 11.8 Å². The van der Waals surface area contributed by atoms with Crippen LogP contribution in [0, 0.1) is 0 Å². The van der Waals surface area contributed by atoms with Crippen molar-refractivity contribution in [3.8, 4) is 11.4 Å². The van der Waals surface area contributed by atoms with Gasteiger partial charge in [-0.25, -0.2) is 4.68 Å². The van der Waals surface area contributed by atoms with Crippen molar-refractivity contribution in [1.82, 2.24) is 24.9 Å². The molecule has 0 aliphatic carbocycles. The molecule has 1 aromatic heterocycles. The van der Waals surface area contributed by atoms with Gasteiger partial charge in [-0.1, -0.05) is 12.1 Å². The summed E-state index contributed by atoms with van der Waals surface area (Å²) in [5.41, 5.74) is 1.92. The Hall–Kier alpha value is -2.87. The number of fused-ring (bicyclic) bond motifs is 1. The van der Waals surface area contributed by atoms with Crippen molar-refractivity contribution in [1.29, 1.82) is 0 Å². The predicted molar refractivity (Wildman–Crippen MR) is 98.5 cm³/mol. The van der Waals surface area contributed by atoms with Crippen LogP contribution in [0.1, 0.15) is 12.5 Å². The lowest BCUT2D eigenvalue weighted by atomic mass is 10.0. The first-order valence-corrected chi connectivity index (χ1v) is 9.07. The number of piperazine rings is 2. The molecule has 0 bridgehead atoms. The molecule has 8 nitrogen and oxygen atoms in total. The SMILES string of the molecule is COc1ccccc1-n1cc(CN2CCN3C(=O)[C@@H](C)NC(=O)[C@H]3C2)cn1. The fourth-order valence-electron chi connectivity index (χ4n) is 3.74. The smallest absolute Gasteiger partial charge is 0.245 e. The van der Waals surface area contributed by atoms with Gasteiger partial charge < -0.3 is 15.0 Å². The van der Waals surface area contributed by atoms with E-state index in [1.54, 1.807) is 23.6 Å². The summed E-state index contributed by atoms with van der Waals surface area (Å²) in [4.78, 5) is 28.4. The maximum atomic E-state index is 12.3. The number of hydrogen-bond donors (Lipinski definition) is 1. The maximum absolute atomic E-state index is 12.3. The Morgan fingerprint density at radius 2 is 2.07 bits per heavy atom. The lowest BCUT2D eigenvalue weighted by Gasteiger charge is -2.44. The lowest BCUT2D eigenvalue weighted by molar-refractivity contribution is -0.152. The minimum absolute atomic E-state index is 0.00300. The quantitative estimate of drug-likeness (QED) is 0.845. The van der Waals surface area contributed by atoms with Crippen LogP contribution >= 0.6 is 0 Å². The summed E-state index contributed by atoms with van der Waals surface area (Å²) in [6, 6.07) is 6.87. The zero-order valence-electron chi connectivity index (χ0n) is 15.5. The van der Waals surface area contributed by atoms with Gasteiger partial charge in [0.25, 0.3) is 0 Å². The number of ether oxygens (including phenoxy) is 1. The number of methoxy groups -OCH3 is 1. The van der Waals surface area contributed by atoms with Gasteiger partial charge >= 0.3 is 0 Å². The van der Waals surface area contributed by atoms with Gasteiger partial charge in [0, 0.05) is 37.9 Å². The molecule has 2 atom stereocenters. The van der Waals surface area contributed by atoms with Crippen molar-refractivity contribution in [3.05, 3.63) is 42.2 Å². The molecule has 2 aliphatic heterocycles. The molecule has 142 valence electrons. The monoisotopic (exact) mass is 369 g/mol. The fraction of sp³-hybridized carbons (Fsp3) is 0.421. The Kier molecular flexibility index (Phi) is 4.57. The second kappa shape index (κ2) is 7.03. The zero-order chi connectivity index (χ0) is 19.0. The summed E-state index contributed by atoms with van der Waals surface area (Å²) in [5, 5.41) is 7.21. The van der Waals surface area contributed by atoms with Gasteiger partial charge in [-0.2, -0.15) is 5.10 Å². The number of nitrogens with zero attached hydrogens (tertiary/aromatic N) is 4. The molecule has 0 saturated carbocycles. The summed E-state index contributed by atoms with van der Waals surface area (Å²) in [7, 11) is 1.64. The van der Waals surface area contributed by atoms with Crippen LogP contribution in [0.15, 0.2) is 36.7 Å². The molecular weight excluding hydrogens is 346 g/mol. The highest BCUT2D eigenvalue weighted by molar-refractivity contribution is 5.97. The standard InChI is InChI=1S/C19H23N5O3/c1-13-19(26)23-8-7-22(12-16(23)18(25)21-13)10-14-9-20-24(11-14)15-5-3-4-6-17(15)27-2/h3-6,9,11,13,16H,7-8,10,12H2,1-2H3,(H,21,25)/t13-,16-/m1/s1. The third kappa shape index (κ3) is 3.28. The van der Waals surface area contributed by atoms with Gasteiger partial charge in [0.1, 0.15) is 23.5 Å². The summed E-state index contributed by atoms with van der Waals surface area (Å²) in [5.74, 6) is 0.687. The number of carbonyl (C=O) groups is 2. The summed E-state index contributed by atoms with van der Waals surface area (Å²) in [6.07, 6.45) is 3.80. The molecule has 2 aliphatic rings. The molecule has 2 saturated heterocycles. The molecule has 2 amide bonds. The van der Waals surface area contributed by atoms with Gasteiger partial charge in [-0.15, -0.1) is 0 Å². The van der Waals surface area contributed by atoms with Crippen molar-refractivity contribution < 1.29 is 14.3 Å². The average molecular weight is 369 g/mol. The van der Waals surface area contributed by atoms with Gasteiger partial charge in [0.15, 0.2) is 0 Å². The largest absolute Gasteiger partial charge is 0.494 e. The molecular formula is C19H23N5O3. The zero-order valence-corrected chi connectivity index (χ0v) is 15.5. The number of nitrogens with one attached hydrogen (secondary N) is 1. The van der Waals surface area contributed by atoms with E-state index in [2.05, 4.69) is 15.3 Å². The van der Waals surface area contributed by atoms with Crippen LogP contribution in [0.2, 0.25) is 0 Å². The van der Waals surface area contributed by atoms with Crippen molar-refractivity contribution in [2.75, 3.05) is 26.7 Å². The summed E-state index contributed by atoms with van der Waals surface area (Å²) in [6.45, 7) is 4.25.